The van der Waals surface area contributed by atoms with Gasteiger partial charge >= 0.3 is 6.16 Å². The van der Waals surface area contributed by atoms with E-state index in [9.17, 15) is 14.7 Å². The van der Waals surface area contributed by atoms with Crippen LogP contribution in [0, 0.1) is 0 Å². The van der Waals surface area contributed by atoms with Crippen molar-refractivity contribution in [1.82, 2.24) is 4.90 Å². The highest BCUT2D eigenvalue weighted by atomic mass is 32.1. The van der Waals surface area contributed by atoms with Crippen LogP contribution in [0.4, 0.5) is 4.79 Å². The summed E-state index contributed by atoms with van der Waals surface area (Å²) in [6, 6.07) is 1.98. The van der Waals surface area contributed by atoms with Crippen LogP contribution < -0.4 is 0 Å². The van der Waals surface area contributed by atoms with Gasteiger partial charge in [-0.3, -0.25) is 4.79 Å². The van der Waals surface area contributed by atoms with E-state index in [2.05, 4.69) is 4.74 Å². The van der Waals surface area contributed by atoms with E-state index < -0.39 is 12.3 Å². The Balaban J connectivity index is 1.84. The SMILES string of the molecule is O=C(O)OCC/C=C\CN1C(=O)CCC[C@@H]1/C=C/C(O)Cc1ccsc1. The predicted molar refractivity (Wildman–Crippen MR) is 100 cm³/mol. The Hall–Kier alpha value is -2.12. The van der Waals surface area contributed by atoms with Gasteiger partial charge in [0.2, 0.25) is 5.91 Å². The molecule has 142 valence electrons. The largest absolute Gasteiger partial charge is 0.505 e. The van der Waals surface area contributed by atoms with Crippen LogP contribution in [-0.4, -0.2) is 52.5 Å². The quantitative estimate of drug-likeness (QED) is 0.391. The van der Waals surface area contributed by atoms with E-state index in [0.29, 0.717) is 25.8 Å². The van der Waals surface area contributed by atoms with Gasteiger partial charge in [-0.15, -0.1) is 0 Å². The molecule has 7 heteroatoms. The average Bonchev–Trinajstić information content (AvgIpc) is 3.10. The number of carboxylic acid groups (broad SMARTS) is 1. The molecule has 0 bridgehead atoms. The number of thiophene rings is 1. The topological polar surface area (TPSA) is 87.1 Å². The lowest BCUT2D eigenvalue weighted by Crippen LogP contribution is -2.42. The summed E-state index contributed by atoms with van der Waals surface area (Å²) in [6.45, 7) is 0.583. The summed E-state index contributed by atoms with van der Waals surface area (Å²) in [5.41, 5.74) is 1.11. The van der Waals surface area contributed by atoms with Crippen molar-refractivity contribution in [2.45, 2.75) is 44.2 Å². The fourth-order valence-electron chi connectivity index (χ4n) is 2.88. The van der Waals surface area contributed by atoms with Gasteiger partial charge in [-0.25, -0.2) is 4.79 Å². The number of aliphatic hydroxyl groups excluding tert-OH is 1. The van der Waals surface area contributed by atoms with E-state index in [1.807, 2.05) is 35.1 Å². The summed E-state index contributed by atoms with van der Waals surface area (Å²) in [7, 11) is 0. The van der Waals surface area contributed by atoms with E-state index in [4.69, 9.17) is 5.11 Å². The summed E-state index contributed by atoms with van der Waals surface area (Å²) >= 11 is 1.61. The highest BCUT2D eigenvalue weighted by molar-refractivity contribution is 7.07. The van der Waals surface area contributed by atoms with Crippen LogP contribution in [0.2, 0.25) is 0 Å². The molecule has 1 saturated heterocycles. The number of amides is 1. The van der Waals surface area contributed by atoms with E-state index >= 15 is 0 Å². The molecular weight excluding hydrogens is 354 g/mol. The van der Waals surface area contributed by atoms with Gasteiger partial charge in [0.25, 0.3) is 0 Å². The van der Waals surface area contributed by atoms with Gasteiger partial charge in [0, 0.05) is 19.4 Å². The fourth-order valence-corrected chi connectivity index (χ4v) is 3.56. The van der Waals surface area contributed by atoms with Gasteiger partial charge in [-0.05, 0) is 41.7 Å². The molecule has 0 radical (unpaired) electrons. The third kappa shape index (κ3) is 7.01. The predicted octanol–water partition coefficient (Wildman–Crippen LogP) is 3.23. The zero-order valence-corrected chi connectivity index (χ0v) is 15.4. The standard InChI is InChI=1S/C19H25NO5S/c21-17(13-15-9-12-26-14-15)8-7-16-5-4-6-18(22)20(16)10-2-1-3-11-25-19(23)24/h1-2,7-9,12,14,16-17,21H,3-6,10-11,13H2,(H,23,24)/b2-1-,8-7+/t16-,17?/m1/s1. The van der Waals surface area contributed by atoms with Gasteiger partial charge in [0.15, 0.2) is 0 Å². The molecular formula is C19H25NO5S. The Kier molecular flexibility index (Phi) is 8.37. The third-order valence-electron chi connectivity index (χ3n) is 4.17. The van der Waals surface area contributed by atoms with E-state index in [0.717, 1.165) is 18.4 Å². The lowest BCUT2D eigenvalue weighted by molar-refractivity contribution is -0.134. The molecule has 26 heavy (non-hydrogen) atoms. The molecule has 0 saturated carbocycles. The highest BCUT2D eigenvalue weighted by Gasteiger charge is 2.25. The van der Waals surface area contributed by atoms with E-state index in [1.54, 1.807) is 22.3 Å². The maximum Gasteiger partial charge on any atom is 0.505 e. The minimum Gasteiger partial charge on any atom is -0.450 e. The van der Waals surface area contributed by atoms with Gasteiger partial charge in [0.05, 0.1) is 18.8 Å². The summed E-state index contributed by atoms with van der Waals surface area (Å²) in [6.07, 6.45) is 8.85. The molecule has 1 unspecified atom stereocenters. The summed E-state index contributed by atoms with van der Waals surface area (Å²) in [5, 5.41) is 22.6. The van der Waals surface area contributed by atoms with Crippen LogP contribution in [-0.2, 0) is 16.0 Å². The molecule has 2 N–H and O–H groups in total. The van der Waals surface area contributed by atoms with Crippen LogP contribution in [0.5, 0.6) is 0 Å². The number of ether oxygens (including phenoxy) is 1. The Bertz CT molecular complexity index is 626. The normalized spacial score (nSPS) is 19.3. The first-order chi connectivity index (χ1) is 12.6. The molecule has 1 amide bonds. The van der Waals surface area contributed by atoms with E-state index in [-0.39, 0.29) is 18.6 Å². The number of likely N-dealkylation sites (tertiary alicyclic amines) is 1. The van der Waals surface area contributed by atoms with E-state index in [1.165, 1.54) is 0 Å². The van der Waals surface area contributed by atoms with Crippen molar-refractivity contribution in [1.29, 1.82) is 0 Å². The lowest BCUT2D eigenvalue weighted by atomic mass is 10.00. The molecule has 1 aliphatic heterocycles. The van der Waals surface area contributed by atoms with Crippen molar-refractivity contribution in [3.05, 3.63) is 46.7 Å². The minimum absolute atomic E-state index is 0.0201. The highest BCUT2D eigenvalue weighted by Crippen LogP contribution is 2.20. The molecule has 0 aromatic carbocycles. The number of hydrogen-bond donors (Lipinski definition) is 2. The number of hydrogen-bond acceptors (Lipinski definition) is 5. The van der Waals surface area contributed by atoms with Crippen molar-refractivity contribution in [3.8, 4) is 0 Å². The monoisotopic (exact) mass is 379 g/mol. The van der Waals surface area contributed by atoms with Crippen molar-refractivity contribution in [3.63, 3.8) is 0 Å². The Morgan fingerprint density at radius 3 is 3.04 bits per heavy atom. The molecule has 0 spiro atoms. The molecule has 2 atom stereocenters. The van der Waals surface area contributed by atoms with Crippen LogP contribution in [0.25, 0.3) is 0 Å². The van der Waals surface area contributed by atoms with Gasteiger partial charge < -0.3 is 19.8 Å². The molecule has 1 aliphatic rings. The first-order valence-corrected chi connectivity index (χ1v) is 9.68. The Labute approximate surface area is 157 Å². The first-order valence-electron chi connectivity index (χ1n) is 8.74. The minimum atomic E-state index is -1.28. The maximum absolute atomic E-state index is 12.2. The fraction of sp³-hybridized carbons (Fsp3) is 0.474. The molecule has 6 nitrogen and oxygen atoms in total. The van der Waals surface area contributed by atoms with Crippen molar-refractivity contribution < 1.29 is 24.5 Å². The first kappa shape index (κ1) is 20.2. The zero-order valence-electron chi connectivity index (χ0n) is 14.6. The number of carbonyl (C=O) groups is 2. The summed E-state index contributed by atoms with van der Waals surface area (Å²) in [5.74, 6) is 0.102. The second kappa shape index (κ2) is 10.8. The van der Waals surface area contributed by atoms with Gasteiger partial charge in [-0.1, -0.05) is 24.3 Å². The molecule has 1 aromatic heterocycles. The summed E-state index contributed by atoms with van der Waals surface area (Å²) < 4.78 is 4.43. The van der Waals surface area contributed by atoms with Crippen LogP contribution in [0.15, 0.2) is 41.1 Å². The third-order valence-corrected chi connectivity index (χ3v) is 4.90. The molecule has 2 heterocycles. The van der Waals surface area contributed by atoms with Crippen LogP contribution >= 0.6 is 11.3 Å². The van der Waals surface area contributed by atoms with Crippen molar-refractivity contribution >= 4 is 23.4 Å². The Morgan fingerprint density at radius 1 is 1.46 bits per heavy atom. The van der Waals surface area contributed by atoms with Gasteiger partial charge in [0.1, 0.15) is 0 Å². The second-order valence-electron chi connectivity index (χ2n) is 6.17. The molecule has 1 fully saturated rings. The zero-order chi connectivity index (χ0) is 18.8. The molecule has 1 aromatic rings. The maximum atomic E-state index is 12.2. The Morgan fingerprint density at radius 2 is 2.31 bits per heavy atom. The lowest BCUT2D eigenvalue weighted by Gasteiger charge is -2.33. The van der Waals surface area contributed by atoms with Crippen LogP contribution in [0.1, 0.15) is 31.2 Å². The molecule has 0 aliphatic carbocycles. The number of aliphatic hydroxyl groups is 1. The average molecular weight is 379 g/mol. The molecule has 2 rings (SSSR count). The van der Waals surface area contributed by atoms with Crippen LogP contribution in [0.3, 0.4) is 0 Å². The van der Waals surface area contributed by atoms with Crippen molar-refractivity contribution in [2.75, 3.05) is 13.2 Å². The van der Waals surface area contributed by atoms with Gasteiger partial charge in [-0.2, -0.15) is 11.3 Å². The smallest absolute Gasteiger partial charge is 0.450 e. The van der Waals surface area contributed by atoms with Crippen molar-refractivity contribution in [2.24, 2.45) is 0 Å². The number of carbonyl (C=O) groups excluding carboxylic acids is 1. The summed E-state index contributed by atoms with van der Waals surface area (Å²) in [4.78, 5) is 24.3. The number of rotatable bonds is 9. The second-order valence-corrected chi connectivity index (χ2v) is 6.95. The number of piperidine rings is 1. The number of nitrogens with zero attached hydrogens (tertiary/aromatic N) is 1.